The van der Waals surface area contributed by atoms with Crippen LogP contribution in [0.3, 0.4) is 0 Å². The predicted octanol–water partition coefficient (Wildman–Crippen LogP) is 2.79. The highest BCUT2D eigenvalue weighted by Gasteiger charge is 2.61. The zero-order valence-electron chi connectivity index (χ0n) is 15.8. The van der Waals surface area contributed by atoms with Gasteiger partial charge < -0.3 is 15.5 Å². The summed E-state index contributed by atoms with van der Waals surface area (Å²) in [5, 5.41) is 23.8. The van der Waals surface area contributed by atoms with Gasteiger partial charge in [0.25, 0.3) is 0 Å². The van der Waals surface area contributed by atoms with Crippen molar-refractivity contribution in [3.63, 3.8) is 0 Å². The van der Waals surface area contributed by atoms with E-state index < -0.39 is 6.10 Å². The Bertz CT molecular complexity index is 602. The third-order valence-corrected chi connectivity index (χ3v) is 8.46. The summed E-state index contributed by atoms with van der Waals surface area (Å²) in [7, 11) is 0. The number of carbonyl (C=O) groups is 1. The normalized spacial score (nSPS) is 51.8. The van der Waals surface area contributed by atoms with Gasteiger partial charge in [0.1, 0.15) is 0 Å². The highest BCUT2D eigenvalue weighted by molar-refractivity contribution is 5.73. The fourth-order valence-corrected chi connectivity index (χ4v) is 7.14. The molecule has 0 saturated heterocycles. The molecule has 0 spiro atoms. The van der Waals surface area contributed by atoms with Crippen LogP contribution >= 0.6 is 0 Å². The van der Waals surface area contributed by atoms with Crippen LogP contribution in [0.4, 0.5) is 0 Å². The first kappa shape index (κ1) is 17.5. The number of fused-ring (bicyclic) bond motifs is 5. The fraction of sp³-hybridized carbons (Fsp3) is 0.857. The van der Waals surface area contributed by atoms with E-state index in [2.05, 4.69) is 25.2 Å². The van der Waals surface area contributed by atoms with Gasteiger partial charge in [-0.05, 0) is 73.5 Å². The molecule has 4 aliphatic rings. The Morgan fingerprint density at radius 3 is 2.68 bits per heavy atom. The molecular formula is C21H33NO3. The third-order valence-electron chi connectivity index (χ3n) is 8.46. The van der Waals surface area contributed by atoms with Gasteiger partial charge in [-0.25, -0.2) is 0 Å². The van der Waals surface area contributed by atoms with Gasteiger partial charge in [0.15, 0.2) is 0 Å². The van der Waals surface area contributed by atoms with Crippen molar-refractivity contribution in [3.05, 3.63) is 11.6 Å². The largest absolute Gasteiger partial charge is 0.393 e. The molecule has 1 amide bonds. The molecule has 0 aromatic carbocycles. The molecule has 4 nitrogen and oxygen atoms in total. The molecule has 3 saturated carbocycles. The zero-order valence-corrected chi connectivity index (χ0v) is 15.8. The lowest BCUT2D eigenvalue weighted by Crippen LogP contribution is -2.55. The molecule has 3 fully saturated rings. The predicted molar refractivity (Wildman–Crippen MR) is 96.7 cm³/mol. The molecule has 0 heterocycles. The Morgan fingerprint density at radius 2 is 1.96 bits per heavy atom. The average molecular weight is 347 g/mol. The van der Waals surface area contributed by atoms with Crippen molar-refractivity contribution >= 4 is 5.91 Å². The first-order valence-corrected chi connectivity index (χ1v) is 10.1. The third kappa shape index (κ3) is 2.51. The molecule has 0 radical (unpaired) electrons. The van der Waals surface area contributed by atoms with Gasteiger partial charge in [-0.3, -0.25) is 4.79 Å². The smallest absolute Gasteiger partial charge is 0.217 e. The minimum Gasteiger partial charge on any atom is -0.393 e. The summed E-state index contributed by atoms with van der Waals surface area (Å²) in [6, 6.07) is -0.109. The van der Waals surface area contributed by atoms with Crippen LogP contribution in [0.5, 0.6) is 0 Å². The summed E-state index contributed by atoms with van der Waals surface area (Å²) in [6.07, 6.45) is 8.79. The van der Waals surface area contributed by atoms with Gasteiger partial charge in [0, 0.05) is 6.92 Å². The van der Waals surface area contributed by atoms with Gasteiger partial charge >= 0.3 is 0 Å². The summed E-state index contributed by atoms with van der Waals surface area (Å²) in [5.74, 6) is 1.68. The van der Waals surface area contributed by atoms with Crippen LogP contribution in [0, 0.1) is 28.6 Å². The first-order valence-electron chi connectivity index (χ1n) is 10.1. The lowest BCUT2D eigenvalue weighted by molar-refractivity contribution is -0.122. The van der Waals surface area contributed by atoms with E-state index in [-0.39, 0.29) is 28.9 Å². The molecule has 4 rings (SSSR count). The highest BCUT2D eigenvalue weighted by atomic mass is 16.3. The second-order valence-electron chi connectivity index (χ2n) is 9.68. The number of aliphatic hydroxyl groups is 2. The van der Waals surface area contributed by atoms with Crippen LogP contribution < -0.4 is 5.32 Å². The SMILES string of the molecule is CC(=O)N[C@@H]1[C@H](O)C[C@H]2[C@@H]3CC=C4C[C@@H](O)CC[C@]4(C)[C@H]3CC[C@]12C. The maximum Gasteiger partial charge on any atom is 0.217 e. The highest BCUT2D eigenvalue weighted by Crippen LogP contribution is 2.64. The minimum absolute atomic E-state index is 0.00212. The van der Waals surface area contributed by atoms with Gasteiger partial charge in [-0.1, -0.05) is 25.5 Å². The Morgan fingerprint density at radius 1 is 1.20 bits per heavy atom. The summed E-state index contributed by atoms with van der Waals surface area (Å²) in [5.41, 5.74) is 1.70. The topological polar surface area (TPSA) is 69.6 Å². The second kappa shape index (κ2) is 5.82. The van der Waals surface area contributed by atoms with Gasteiger partial charge in [0.05, 0.1) is 18.2 Å². The maximum absolute atomic E-state index is 11.7. The average Bonchev–Trinajstić information content (AvgIpc) is 2.79. The molecule has 0 aliphatic heterocycles. The number of nitrogens with one attached hydrogen (secondary N) is 1. The molecule has 3 N–H and O–H groups in total. The van der Waals surface area contributed by atoms with Gasteiger partial charge in [-0.15, -0.1) is 0 Å². The van der Waals surface area contributed by atoms with Crippen LogP contribution in [0.25, 0.3) is 0 Å². The Labute approximate surface area is 151 Å². The molecular weight excluding hydrogens is 314 g/mol. The lowest BCUT2D eigenvalue weighted by Gasteiger charge is -2.57. The van der Waals surface area contributed by atoms with Gasteiger partial charge in [0.2, 0.25) is 5.91 Å². The summed E-state index contributed by atoms with van der Waals surface area (Å²) in [6.45, 7) is 6.26. The molecule has 140 valence electrons. The van der Waals surface area contributed by atoms with E-state index in [9.17, 15) is 15.0 Å². The number of allylic oxidation sites excluding steroid dienone is 1. The fourth-order valence-electron chi connectivity index (χ4n) is 7.14. The van der Waals surface area contributed by atoms with Crippen LogP contribution in [-0.2, 0) is 4.79 Å². The summed E-state index contributed by atoms with van der Waals surface area (Å²) >= 11 is 0. The van der Waals surface area contributed by atoms with E-state index in [0.29, 0.717) is 17.8 Å². The van der Waals surface area contributed by atoms with Crippen molar-refractivity contribution in [1.82, 2.24) is 5.32 Å². The molecule has 25 heavy (non-hydrogen) atoms. The van der Waals surface area contributed by atoms with Crippen molar-refractivity contribution < 1.29 is 15.0 Å². The number of hydrogen-bond donors (Lipinski definition) is 3. The van der Waals surface area contributed by atoms with E-state index in [1.165, 1.54) is 12.0 Å². The molecule has 0 aromatic rings. The molecule has 8 atom stereocenters. The van der Waals surface area contributed by atoms with Crippen LogP contribution in [-0.4, -0.2) is 34.4 Å². The number of rotatable bonds is 1. The number of carbonyl (C=O) groups excluding carboxylic acids is 1. The van der Waals surface area contributed by atoms with E-state index in [1.807, 2.05) is 0 Å². The van der Waals surface area contributed by atoms with E-state index >= 15 is 0 Å². The second-order valence-corrected chi connectivity index (χ2v) is 9.68. The van der Waals surface area contributed by atoms with Crippen LogP contribution in [0.15, 0.2) is 11.6 Å². The number of aliphatic hydroxyl groups excluding tert-OH is 2. The van der Waals surface area contributed by atoms with Crippen molar-refractivity contribution in [3.8, 4) is 0 Å². The molecule has 4 heteroatoms. The Hall–Kier alpha value is -0.870. The van der Waals surface area contributed by atoms with Crippen molar-refractivity contribution in [2.45, 2.75) is 84.0 Å². The Balaban J connectivity index is 1.64. The molecule has 0 unspecified atom stereocenters. The van der Waals surface area contributed by atoms with E-state index in [1.54, 1.807) is 6.92 Å². The first-order chi connectivity index (χ1) is 11.8. The quantitative estimate of drug-likeness (QED) is 0.639. The van der Waals surface area contributed by atoms with Gasteiger partial charge in [-0.2, -0.15) is 0 Å². The molecule has 4 aliphatic carbocycles. The van der Waals surface area contributed by atoms with Crippen LogP contribution in [0.2, 0.25) is 0 Å². The number of amides is 1. The Kier molecular flexibility index (Phi) is 4.08. The monoisotopic (exact) mass is 347 g/mol. The van der Waals surface area contributed by atoms with Crippen molar-refractivity contribution in [2.75, 3.05) is 0 Å². The van der Waals surface area contributed by atoms with Crippen molar-refractivity contribution in [2.24, 2.45) is 28.6 Å². The summed E-state index contributed by atoms with van der Waals surface area (Å²) in [4.78, 5) is 11.7. The minimum atomic E-state index is -0.427. The molecule has 0 aromatic heterocycles. The zero-order chi connectivity index (χ0) is 18.0. The van der Waals surface area contributed by atoms with Crippen LogP contribution in [0.1, 0.15) is 65.7 Å². The summed E-state index contributed by atoms with van der Waals surface area (Å²) < 4.78 is 0. The maximum atomic E-state index is 11.7. The van der Waals surface area contributed by atoms with Crippen molar-refractivity contribution in [1.29, 1.82) is 0 Å². The molecule has 0 bridgehead atoms. The lowest BCUT2D eigenvalue weighted by atomic mass is 9.48. The van der Waals surface area contributed by atoms with E-state index in [0.717, 1.165) is 38.5 Å². The standard InChI is InChI=1S/C21H33NO3/c1-12(23)22-19-18(25)11-17-15-5-4-13-10-14(24)6-8-20(13,2)16(15)7-9-21(17,19)3/h4,14-19,24-25H,5-11H2,1-3H3,(H,22,23)/t14-,15+,16-,17-,18+,19+,20-,21-/m0/s1. The van der Waals surface area contributed by atoms with E-state index in [4.69, 9.17) is 0 Å². The number of hydrogen-bond acceptors (Lipinski definition) is 3.